The van der Waals surface area contributed by atoms with Gasteiger partial charge in [-0.05, 0) is 44.9 Å². The number of allylic oxidation sites excluding steroid dienone is 5. The molecule has 12 N–H and O–H groups in total. The third kappa shape index (κ3) is 26.3. The standard InChI is InChI=1S/C56H99O23P/c1-3-5-7-9-11-13-15-17-19-21-22-24-26-28-30-32-41(59)72-36-38(74-42(60)33-31-29-27-25-23-20-18-16-14-12-10-8-6-4-2)37-73-80(70,71)79-54-52(77-55-50(68)45(63)43(61)39(34-57)75-55)48(66)47(65)49(67)53(54)78-56-51(69)46(64)44(62)40(35-58)76-56/h20,23,26,28,30,32,38-40,43-58,61-69H,3-19,21-22,24-25,27,29,31,33-37H2,1-2H3,(H,70,71)/b23-20-,28-26+,32-30+. The Balaban J connectivity index is 1.73. The summed E-state index contributed by atoms with van der Waals surface area (Å²) in [6.45, 7) is 0.863. The summed E-state index contributed by atoms with van der Waals surface area (Å²) in [4.78, 5) is 37.3. The lowest BCUT2D eigenvalue weighted by Gasteiger charge is -2.49. The van der Waals surface area contributed by atoms with Crippen LogP contribution in [0.4, 0.5) is 0 Å². The van der Waals surface area contributed by atoms with E-state index in [9.17, 15) is 75.2 Å². The number of phosphoric ester groups is 1. The van der Waals surface area contributed by atoms with Gasteiger partial charge >= 0.3 is 19.8 Å². The molecule has 3 rings (SSSR count). The summed E-state index contributed by atoms with van der Waals surface area (Å²) in [5.41, 5.74) is 0. The first-order valence-electron chi connectivity index (χ1n) is 29.4. The van der Waals surface area contributed by atoms with Gasteiger partial charge in [0.05, 0.1) is 19.8 Å². The molecular weight excluding hydrogens is 1070 g/mol. The van der Waals surface area contributed by atoms with E-state index in [1.807, 2.05) is 6.08 Å². The fourth-order valence-corrected chi connectivity index (χ4v) is 10.6. The first-order chi connectivity index (χ1) is 38.4. The van der Waals surface area contributed by atoms with Gasteiger partial charge < -0.3 is 89.5 Å². The lowest BCUT2D eigenvalue weighted by molar-refractivity contribution is -0.360. The Bertz CT molecular complexity index is 1740. The number of aliphatic hydroxyl groups excluding tert-OH is 11. The smallest absolute Gasteiger partial charge is 0.458 e. The van der Waals surface area contributed by atoms with Crippen molar-refractivity contribution in [2.24, 2.45) is 0 Å². The van der Waals surface area contributed by atoms with Gasteiger partial charge in [0.2, 0.25) is 0 Å². The van der Waals surface area contributed by atoms with E-state index in [0.29, 0.717) is 12.8 Å². The second kappa shape index (κ2) is 40.8. The minimum atomic E-state index is -5.66. The van der Waals surface area contributed by atoms with Gasteiger partial charge in [0.25, 0.3) is 0 Å². The van der Waals surface area contributed by atoms with Crippen LogP contribution in [-0.4, -0.2) is 204 Å². The Labute approximate surface area is 472 Å². The Hall–Kier alpha value is -2.33. The van der Waals surface area contributed by atoms with E-state index in [1.165, 1.54) is 96.0 Å². The lowest BCUT2D eigenvalue weighted by atomic mass is 9.84. The van der Waals surface area contributed by atoms with Crippen molar-refractivity contribution in [2.75, 3.05) is 26.4 Å². The Morgan fingerprint density at radius 3 is 1.36 bits per heavy atom. The van der Waals surface area contributed by atoms with Crippen molar-refractivity contribution >= 4 is 19.8 Å². The molecule has 1 saturated carbocycles. The van der Waals surface area contributed by atoms with Crippen molar-refractivity contribution in [1.82, 2.24) is 0 Å². The van der Waals surface area contributed by atoms with E-state index in [2.05, 4.69) is 26.0 Å². The van der Waals surface area contributed by atoms with Crippen LogP contribution < -0.4 is 0 Å². The molecule has 3 aliphatic rings. The molecule has 2 aliphatic heterocycles. The number of esters is 2. The summed E-state index contributed by atoms with van der Waals surface area (Å²) in [6, 6.07) is 0. The Morgan fingerprint density at radius 1 is 0.500 bits per heavy atom. The normalized spacial score (nSPS) is 31.5. The van der Waals surface area contributed by atoms with Crippen LogP contribution in [0.3, 0.4) is 0 Å². The van der Waals surface area contributed by atoms with Crippen LogP contribution in [0.1, 0.15) is 174 Å². The number of carbonyl (C=O) groups is 2. The number of ether oxygens (including phenoxy) is 6. The van der Waals surface area contributed by atoms with Gasteiger partial charge in [0, 0.05) is 12.5 Å². The van der Waals surface area contributed by atoms with E-state index >= 15 is 0 Å². The van der Waals surface area contributed by atoms with Gasteiger partial charge in [0.15, 0.2) is 18.7 Å². The largest absolute Gasteiger partial charge is 0.472 e. The molecule has 23 nitrogen and oxygen atoms in total. The van der Waals surface area contributed by atoms with Crippen LogP contribution >= 0.6 is 7.82 Å². The minimum absolute atomic E-state index is 0.0720. The molecule has 0 aromatic rings. The molecule has 16 atom stereocenters. The van der Waals surface area contributed by atoms with Crippen molar-refractivity contribution in [3.63, 3.8) is 0 Å². The highest BCUT2D eigenvalue weighted by Gasteiger charge is 2.58. The molecule has 1 aliphatic carbocycles. The monoisotopic (exact) mass is 1170 g/mol. The predicted molar refractivity (Wildman–Crippen MR) is 291 cm³/mol. The second-order valence-corrected chi connectivity index (χ2v) is 22.6. The molecule has 2 heterocycles. The third-order valence-electron chi connectivity index (χ3n) is 14.5. The topological polar surface area (TPSA) is 368 Å². The van der Waals surface area contributed by atoms with E-state index < -0.39 is 150 Å². The average molecular weight is 1170 g/mol. The first-order valence-corrected chi connectivity index (χ1v) is 30.9. The lowest BCUT2D eigenvalue weighted by Crippen LogP contribution is -2.69. The quantitative estimate of drug-likeness (QED) is 0.0103. The molecule has 466 valence electrons. The number of unbranched alkanes of at least 4 members (excludes halogenated alkanes) is 21. The Morgan fingerprint density at radius 2 is 0.912 bits per heavy atom. The van der Waals surface area contributed by atoms with Gasteiger partial charge in [-0.1, -0.05) is 153 Å². The molecule has 0 bridgehead atoms. The molecule has 0 aromatic heterocycles. The molecular formula is C56H99O23P. The van der Waals surface area contributed by atoms with Gasteiger partial charge in [-0.25, -0.2) is 9.36 Å². The van der Waals surface area contributed by atoms with Crippen LogP contribution in [0.5, 0.6) is 0 Å². The molecule has 24 heteroatoms. The fourth-order valence-electron chi connectivity index (χ4n) is 9.62. The highest BCUT2D eigenvalue weighted by atomic mass is 31.2. The highest BCUT2D eigenvalue weighted by Crippen LogP contribution is 2.49. The fraction of sp³-hybridized carbons (Fsp3) is 0.857. The molecule has 80 heavy (non-hydrogen) atoms. The van der Waals surface area contributed by atoms with Crippen LogP contribution in [0.15, 0.2) is 36.5 Å². The minimum Gasteiger partial charge on any atom is -0.458 e. The highest BCUT2D eigenvalue weighted by molar-refractivity contribution is 7.47. The first kappa shape index (κ1) is 71.9. The van der Waals surface area contributed by atoms with E-state index in [0.717, 1.165) is 57.4 Å². The van der Waals surface area contributed by atoms with Crippen molar-refractivity contribution in [3.05, 3.63) is 36.5 Å². The van der Waals surface area contributed by atoms with E-state index in [-0.39, 0.29) is 6.42 Å². The van der Waals surface area contributed by atoms with Crippen LogP contribution in [0.2, 0.25) is 0 Å². The van der Waals surface area contributed by atoms with E-state index in [1.54, 1.807) is 6.08 Å². The molecule has 16 unspecified atom stereocenters. The number of phosphoric acid groups is 1. The van der Waals surface area contributed by atoms with Crippen LogP contribution in [-0.2, 0) is 51.6 Å². The number of hydrogen-bond acceptors (Lipinski definition) is 22. The predicted octanol–water partition coefficient (Wildman–Crippen LogP) is 3.87. The summed E-state index contributed by atoms with van der Waals surface area (Å²) in [5, 5.41) is 117. The van der Waals surface area contributed by atoms with Gasteiger partial charge in [-0.2, -0.15) is 0 Å². The number of hydrogen-bond donors (Lipinski definition) is 12. The zero-order valence-corrected chi connectivity index (χ0v) is 48.0. The van der Waals surface area contributed by atoms with Gasteiger partial charge in [-0.3, -0.25) is 13.8 Å². The maximum absolute atomic E-state index is 14.0. The number of aliphatic hydroxyl groups is 11. The van der Waals surface area contributed by atoms with E-state index in [4.69, 9.17) is 37.5 Å². The van der Waals surface area contributed by atoms with Gasteiger partial charge in [-0.15, -0.1) is 0 Å². The maximum atomic E-state index is 14.0. The summed E-state index contributed by atoms with van der Waals surface area (Å²) in [5.74, 6) is -1.61. The summed E-state index contributed by atoms with van der Waals surface area (Å²) >= 11 is 0. The number of carbonyl (C=O) groups excluding carboxylic acids is 2. The van der Waals surface area contributed by atoms with Gasteiger partial charge in [0.1, 0.15) is 92.1 Å². The molecule has 0 radical (unpaired) electrons. The SMILES string of the molecule is CCCCCCCCC/C=C\CCCCCC(=O)OC(COC(=O)/C=C/C=C/CCCCCCCCCCCCC)COP(=O)(O)OC1C(OC2OC(CO)C(O)C(O)C2O)C(O)C(O)C(O)C1OC1OC(CO)C(O)C(O)C1O. The van der Waals surface area contributed by atoms with Crippen molar-refractivity contribution in [3.8, 4) is 0 Å². The van der Waals surface area contributed by atoms with Crippen LogP contribution in [0.25, 0.3) is 0 Å². The summed E-state index contributed by atoms with van der Waals surface area (Å²) < 4.78 is 57.8. The maximum Gasteiger partial charge on any atom is 0.472 e. The average Bonchev–Trinajstić information content (AvgIpc) is 3.46. The zero-order chi connectivity index (χ0) is 58.9. The number of rotatable bonds is 42. The summed E-state index contributed by atoms with van der Waals surface area (Å²) in [7, 11) is -5.66. The van der Waals surface area contributed by atoms with Crippen LogP contribution in [0, 0.1) is 0 Å². The second-order valence-electron chi connectivity index (χ2n) is 21.2. The Kier molecular flexibility index (Phi) is 36.7. The van der Waals surface area contributed by atoms with Crippen molar-refractivity contribution in [1.29, 1.82) is 0 Å². The van der Waals surface area contributed by atoms with Crippen molar-refractivity contribution < 1.29 is 113 Å². The van der Waals surface area contributed by atoms with Crippen molar-refractivity contribution in [2.45, 2.75) is 279 Å². The molecule has 3 fully saturated rings. The third-order valence-corrected chi connectivity index (χ3v) is 15.5. The summed E-state index contributed by atoms with van der Waals surface area (Å²) in [6.07, 6.45) is 2.01. The molecule has 0 spiro atoms. The molecule has 0 amide bonds. The molecule has 2 saturated heterocycles. The molecule has 0 aromatic carbocycles. The zero-order valence-electron chi connectivity index (χ0n) is 47.1.